The van der Waals surface area contributed by atoms with E-state index in [2.05, 4.69) is 0 Å². The summed E-state index contributed by atoms with van der Waals surface area (Å²) in [5.74, 6) is -0.0932. The van der Waals surface area contributed by atoms with E-state index in [0.29, 0.717) is 17.7 Å². The Bertz CT molecular complexity index is 372. The molecule has 0 saturated heterocycles. The summed E-state index contributed by atoms with van der Waals surface area (Å²) in [6.07, 6.45) is 1.89. The zero-order valence-corrected chi connectivity index (χ0v) is 8.18. The quantitative estimate of drug-likeness (QED) is 0.756. The van der Waals surface area contributed by atoms with Crippen LogP contribution in [0, 0.1) is 12.7 Å². The first-order valence-electron chi connectivity index (χ1n) is 4.79. The normalized spacial score (nSPS) is 18.2. The number of hydrogen-bond donors (Lipinski definition) is 2. The topological polar surface area (TPSA) is 46.2 Å². The molecule has 0 radical (unpaired) electrons. The molecular weight excluding hydrogens is 181 g/mol. The molecule has 1 aromatic rings. The average Bonchev–Trinajstić information content (AvgIpc) is 2.93. The lowest BCUT2D eigenvalue weighted by Crippen LogP contribution is -2.21. The van der Waals surface area contributed by atoms with Crippen LogP contribution in [-0.2, 0) is 5.41 Å². The predicted molar refractivity (Wildman–Crippen MR) is 52.8 cm³/mol. The van der Waals surface area contributed by atoms with Crippen LogP contribution in [-0.4, -0.2) is 11.7 Å². The molecular formula is C11H14FNO. The van der Waals surface area contributed by atoms with Crippen LogP contribution in [0.5, 0.6) is 5.75 Å². The van der Waals surface area contributed by atoms with Gasteiger partial charge >= 0.3 is 0 Å². The highest BCUT2D eigenvalue weighted by Crippen LogP contribution is 2.51. The number of phenolic OH excluding ortho intramolecular Hbond substituents is 1. The average molecular weight is 195 g/mol. The summed E-state index contributed by atoms with van der Waals surface area (Å²) in [6, 6.07) is 2.70. The van der Waals surface area contributed by atoms with Crippen LogP contribution in [0.15, 0.2) is 12.1 Å². The Morgan fingerprint density at radius 2 is 2.14 bits per heavy atom. The van der Waals surface area contributed by atoms with Crippen LogP contribution in [0.4, 0.5) is 4.39 Å². The molecule has 0 aromatic heterocycles. The number of phenols is 1. The Morgan fingerprint density at radius 1 is 1.50 bits per heavy atom. The summed E-state index contributed by atoms with van der Waals surface area (Å²) < 4.78 is 13.3. The largest absolute Gasteiger partial charge is 0.508 e. The minimum Gasteiger partial charge on any atom is -0.508 e. The van der Waals surface area contributed by atoms with Crippen molar-refractivity contribution in [3.8, 4) is 5.75 Å². The van der Waals surface area contributed by atoms with Gasteiger partial charge < -0.3 is 10.8 Å². The van der Waals surface area contributed by atoms with Crippen molar-refractivity contribution in [2.75, 3.05) is 6.54 Å². The highest BCUT2D eigenvalue weighted by atomic mass is 19.1. The van der Waals surface area contributed by atoms with Crippen molar-refractivity contribution in [2.24, 2.45) is 5.73 Å². The van der Waals surface area contributed by atoms with E-state index in [1.807, 2.05) is 0 Å². The van der Waals surface area contributed by atoms with E-state index in [1.165, 1.54) is 12.1 Å². The van der Waals surface area contributed by atoms with Gasteiger partial charge in [0.1, 0.15) is 11.6 Å². The van der Waals surface area contributed by atoms with Gasteiger partial charge in [-0.15, -0.1) is 0 Å². The summed E-state index contributed by atoms with van der Waals surface area (Å²) >= 11 is 0. The second-order valence-corrected chi connectivity index (χ2v) is 4.05. The zero-order chi connectivity index (χ0) is 10.3. The summed E-state index contributed by atoms with van der Waals surface area (Å²) in [5.41, 5.74) is 6.74. The number of rotatable bonds is 2. The van der Waals surface area contributed by atoms with Gasteiger partial charge in [0.2, 0.25) is 0 Å². The number of halogens is 1. The summed E-state index contributed by atoms with van der Waals surface area (Å²) in [6.45, 7) is 2.17. The van der Waals surface area contributed by atoms with E-state index in [-0.39, 0.29) is 17.0 Å². The van der Waals surface area contributed by atoms with E-state index in [1.54, 1.807) is 6.92 Å². The smallest absolute Gasteiger partial charge is 0.126 e. The molecule has 0 aliphatic heterocycles. The third-order valence-electron chi connectivity index (χ3n) is 3.15. The molecule has 0 atom stereocenters. The molecule has 0 spiro atoms. The molecule has 1 fully saturated rings. The maximum atomic E-state index is 13.3. The van der Waals surface area contributed by atoms with Gasteiger partial charge in [-0.1, -0.05) is 0 Å². The maximum absolute atomic E-state index is 13.3. The highest BCUT2D eigenvalue weighted by Gasteiger charge is 2.46. The fraction of sp³-hybridized carbons (Fsp3) is 0.455. The minimum atomic E-state index is -0.266. The van der Waals surface area contributed by atoms with Crippen molar-refractivity contribution in [1.29, 1.82) is 0 Å². The zero-order valence-electron chi connectivity index (χ0n) is 8.18. The molecule has 1 aromatic carbocycles. The third-order valence-corrected chi connectivity index (χ3v) is 3.15. The van der Waals surface area contributed by atoms with Crippen molar-refractivity contribution in [3.63, 3.8) is 0 Å². The van der Waals surface area contributed by atoms with E-state index >= 15 is 0 Å². The second-order valence-electron chi connectivity index (χ2n) is 4.05. The molecule has 1 aliphatic rings. The van der Waals surface area contributed by atoms with Crippen molar-refractivity contribution in [3.05, 3.63) is 29.1 Å². The van der Waals surface area contributed by atoms with E-state index < -0.39 is 0 Å². The fourth-order valence-corrected chi connectivity index (χ4v) is 2.05. The molecule has 0 heterocycles. The standard InChI is InChI=1S/C11H14FNO/c1-7-8(12)2-3-9(14)10(7)11(6-13)4-5-11/h2-3,14H,4-6,13H2,1H3. The maximum Gasteiger partial charge on any atom is 0.126 e. The molecule has 3 heteroatoms. The van der Waals surface area contributed by atoms with Crippen molar-refractivity contribution in [2.45, 2.75) is 25.2 Å². The molecule has 0 bridgehead atoms. The highest BCUT2D eigenvalue weighted by molar-refractivity contribution is 5.48. The molecule has 3 N–H and O–H groups in total. The van der Waals surface area contributed by atoms with Crippen LogP contribution >= 0.6 is 0 Å². The number of aromatic hydroxyl groups is 1. The number of hydrogen-bond acceptors (Lipinski definition) is 2. The van der Waals surface area contributed by atoms with Gasteiger partial charge in [-0.05, 0) is 37.5 Å². The van der Waals surface area contributed by atoms with Gasteiger partial charge in [-0.25, -0.2) is 4.39 Å². The van der Waals surface area contributed by atoms with Crippen LogP contribution in [0.2, 0.25) is 0 Å². The number of nitrogens with two attached hydrogens (primary N) is 1. The molecule has 14 heavy (non-hydrogen) atoms. The van der Waals surface area contributed by atoms with Gasteiger partial charge in [0.15, 0.2) is 0 Å². The van der Waals surface area contributed by atoms with Crippen LogP contribution in [0.1, 0.15) is 24.0 Å². The first kappa shape index (κ1) is 9.46. The first-order chi connectivity index (χ1) is 6.60. The Hall–Kier alpha value is -1.09. The fourth-order valence-electron chi connectivity index (χ4n) is 2.05. The Kier molecular flexibility index (Phi) is 2.00. The van der Waals surface area contributed by atoms with Gasteiger partial charge in [0.25, 0.3) is 0 Å². The predicted octanol–water partition coefficient (Wildman–Crippen LogP) is 1.83. The molecule has 2 nitrogen and oxygen atoms in total. The van der Waals surface area contributed by atoms with Gasteiger partial charge in [0.05, 0.1) is 0 Å². The lowest BCUT2D eigenvalue weighted by molar-refractivity contribution is 0.454. The Morgan fingerprint density at radius 3 is 2.64 bits per heavy atom. The van der Waals surface area contributed by atoms with Crippen molar-refractivity contribution < 1.29 is 9.50 Å². The molecule has 1 saturated carbocycles. The summed E-state index contributed by atoms with van der Waals surface area (Å²) in [7, 11) is 0. The van der Waals surface area contributed by atoms with Crippen LogP contribution in [0.3, 0.4) is 0 Å². The van der Waals surface area contributed by atoms with Gasteiger partial charge in [-0.3, -0.25) is 0 Å². The summed E-state index contributed by atoms with van der Waals surface area (Å²) in [4.78, 5) is 0. The van der Waals surface area contributed by atoms with Gasteiger partial charge in [0, 0.05) is 17.5 Å². The first-order valence-corrected chi connectivity index (χ1v) is 4.79. The molecule has 0 unspecified atom stereocenters. The lowest BCUT2D eigenvalue weighted by Gasteiger charge is -2.17. The lowest BCUT2D eigenvalue weighted by atomic mass is 9.91. The Labute approximate surface area is 82.5 Å². The van der Waals surface area contributed by atoms with Crippen LogP contribution < -0.4 is 5.73 Å². The molecule has 76 valence electrons. The third kappa shape index (κ3) is 1.20. The molecule has 1 aliphatic carbocycles. The second kappa shape index (κ2) is 2.95. The van der Waals surface area contributed by atoms with Crippen molar-refractivity contribution >= 4 is 0 Å². The number of benzene rings is 1. The molecule has 2 rings (SSSR count). The molecule has 0 amide bonds. The van der Waals surface area contributed by atoms with E-state index in [0.717, 1.165) is 12.8 Å². The van der Waals surface area contributed by atoms with Crippen molar-refractivity contribution in [1.82, 2.24) is 0 Å². The summed E-state index contributed by atoms with van der Waals surface area (Å²) in [5, 5.41) is 9.70. The monoisotopic (exact) mass is 195 g/mol. The van der Waals surface area contributed by atoms with Crippen LogP contribution in [0.25, 0.3) is 0 Å². The Balaban J connectivity index is 2.57. The van der Waals surface area contributed by atoms with Gasteiger partial charge in [-0.2, -0.15) is 0 Å². The van der Waals surface area contributed by atoms with E-state index in [4.69, 9.17) is 5.73 Å². The minimum absolute atomic E-state index is 0.156. The SMILES string of the molecule is Cc1c(F)ccc(O)c1C1(CN)CC1. The van der Waals surface area contributed by atoms with E-state index in [9.17, 15) is 9.50 Å².